The predicted octanol–water partition coefficient (Wildman–Crippen LogP) is 2.33. The Morgan fingerprint density at radius 2 is 1.35 bits per heavy atom. The lowest BCUT2D eigenvalue weighted by Gasteiger charge is -2.19. The lowest BCUT2D eigenvalue weighted by atomic mass is 9.84. The van der Waals surface area contributed by atoms with Crippen molar-refractivity contribution in [1.29, 1.82) is 0 Å². The summed E-state index contributed by atoms with van der Waals surface area (Å²) in [6.07, 6.45) is 0.612. The largest absolute Gasteiger partial charge is 0.508 e. The second kappa shape index (κ2) is 6.65. The standard InChI is InChI=1S/C17H14O6/c18-12-5-1-3-10(7-12)16(11-4-2-6-13(19)8-11)14(17(22)23)9-15(20)21/h1-9,16,18-19H,(H,20,21)(H,22,23)/b14-9-. The van der Waals surface area contributed by atoms with E-state index in [-0.39, 0.29) is 17.1 Å². The number of phenols is 2. The summed E-state index contributed by atoms with van der Waals surface area (Å²) in [5.41, 5.74) is 0.407. The summed E-state index contributed by atoms with van der Waals surface area (Å²) in [5, 5.41) is 37.6. The van der Waals surface area contributed by atoms with Crippen LogP contribution in [0.4, 0.5) is 0 Å². The van der Waals surface area contributed by atoms with E-state index in [9.17, 15) is 24.9 Å². The molecule has 6 nitrogen and oxygen atoms in total. The summed E-state index contributed by atoms with van der Waals surface area (Å²) in [5.74, 6) is -3.90. The molecule has 0 radical (unpaired) electrons. The number of phenolic OH excluding ortho intramolecular Hbond substituents is 2. The van der Waals surface area contributed by atoms with Crippen molar-refractivity contribution in [3.8, 4) is 11.5 Å². The van der Waals surface area contributed by atoms with E-state index < -0.39 is 17.9 Å². The SMILES string of the molecule is O=C(O)/C=C(\C(=O)O)C(c1cccc(O)c1)c1cccc(O)c1. The van der Waals surface area contributed by atoms with E-state index >= 15 is 0 Å². The monoisotopic (exact) mass is 314 g/mol. The van der Waals surface area contributed by atoms with E-state index in [4.69, 9.17) is 5.11 Å². The molecule has 6 heteroatoms. The highest BCUT2D eigenvalue weighted by Crippen LogP contribution is 2.34. The minimum absolute atomic E-state index is 0.0762. The maximum atomic E-state index is 11.5. The van der Waals surface area contributed by atoms with Gasteiger partial charge in [0.2, 0.25) is 0 Å². The third-order valence-electron chi connectivity index (χ3n) is 3.24. The molecular formula is C17H14O6. The average molecular weight is 314 g/mol. The maximum absolute atomic E-state index is 11.5. The van der Waals surface area contributed by atoms with Gasteiger partial charge >= 0.3 is 11.9 Å². The molecule has 4 N–H and O–H groups in total. The Labute approximate surface area is 131 Å². The first kappa shape index (κ1) is 16.1. The van der Waals surface area contributed by atoms with Crippen LogP contribution < -0.4 is 0 Å². The Kier molecular flexibility index (Phi) is 4.66. The van der Waals surface area contributed by atoms with E-state index in [2.05, 4.69) is 0 Å². The van der Waals surface area contributed by atoms with Crippen molar-refractivity contribution >= 4 is 11.9 Å². The van der Waals surface area contributed by atoms with Crippen molar-refractivity contribution in [2.75, 3.05) is 0 Å². The average Bonchev–Trinajstić information content (AvgIpc) is 2.46. The van der Waals surface area contributed by atoms with Crippen LogP contribution in [-0.2, 0) is 9.59 Å². The van der Waals surface area contributed by atoms with Crippen LogP contribution in [-0.4, -0.2) is 32.4 Å². The lowest BCUT2D eigenvalue weighted by molar-refractivity contribution is -0.135. The van der Waals surface area contributed by atoms with Gasteiger partial charge in [0.25, 0.3) is 0 Å². The molecule has 0 aliphatic rings. The molecule has 2 aromatic carbocycles. The summed E-state index contributed by atoms with van der Waals surface area (Å²) in [4.78, 5) is 22.5. The van der Waals surface area contributed by atoms with Crippen molar-refractivity contribution in [3.63, 3.8) is 0 Å². The van der Waals surface area contributed by atoms with Gasteiger partial charge in [-0.15, -0.1) is 0 Å². The van der Waals surface area contributed by atoms with Crippen LogP contribution in [0, 0.1) is 0 Å². The Balaban J connectivity index is 2.69. The Morgan fingerprint density at radius 1 is 0.870 bits per heavy atom. The highest BCUT2D eigenvalue weighted by molar-refractivity contribution is 5.96. The first-order chi connectivity index (χ1) is 10.9. The van der Waals surface area contributed by atoms with Crippen molar-refractivity contribution in [3.05, 3.63) is 71.3 Å². The first-order valence-corrected chi connectivity index (χ1v) is 6.64. The van der Waals surface area contributed by atoms with Gasteiger partial charge in [-0.1, -0.05) is 24.3 Å². The molecular weight excluding hydrogens is 300 g/mol. The van der Waals surface area contributed by atoms with Crippen LogP contribution in [0.2, 0.25) is 0 Å². The van der Waals surface area contributed by atoms with Crippen LogP contribution in [0.15, 0.2) is 60.2 Å². The van der Waals surface area contributed by atoms with Crippen molar-refractivity contribution in [1.82, 2.24) is 0 Å². The zero-order chi connectivity index (χ0) is 17.0. The van der Waals surface area contributed by atoms with Crippen molar-refractivity contribution in [2.45, 2.75) is 5.92 Å². The molecule has 2 rings (SSSR count). The number of rotatable bonds is 5. The van der Waals surface area contributed by atoms with Crippen LogP contribution in [0.5, 0.6) is 11.5 Å². The van der Waals surface area contributed by atoms with E-state index in [1.807, 2.05) is 0 Å². The normalized spacial score (nSPS) is 11.4. The van der Waals surface area contributed by atoms with E-state index in [0.717, 1.165) is 0 Å². The second-order valence-electron chi connectivity index (χ2n) is 4.87. The van der Waals surface area contributed by atoms with Gasteiger partial charge in [-0.05, 0) is 35.4 Å². The smallest absolute Gasteiger partial charge is 0.332 e. The molecule has 118 valence electrons. The lowest BCUT2D eigenvalue weighted by Crippen LogP contribution is -2.14. The molecule has 0 heterocycles. The molecule has 0 fully saturated rings. The summed E-state index contributed by atoms with van der Waals surface area (Å²) >= 11 is 0. The molecule has 0 aliphatic carbocycles. The third kappa shape index (κ3) is 3.88. The topological polar surface area (TPSA) is 115 Å². The quantitative estimate of drug-likeness (QED) is 0.630. The molecule has 0 saturated carbocycles. The first-order valence-electron chi connectivity index (χ1n) is 6.64. The third-order valence-corrected chi connectivity index (χ3v) is 3.24. The van der Waals surface area contributed by atoms with Gasteiger partial charge in [0, 0.05) is 12.0 Å². The maximum Gasteiger partial charge on any atom is 0.332 e. The number of benzene rings is 2. The molecule has 0 aromatic heterocycles. The fourth-order valence-electron chi connectivity index (χ4n) is 2.36. The zero-order valence-electron chi connectivity index (χ0n) is 11.9. The summed E-state index contributed by atoms with van der Waals surface area (Å²) in [6.45, 7) is 0. The minimum Gasteiger partial charge on any atom is -0.508 e. The van der Waals surface area contributed by atoms with Crippen LogP contribution >= 0.6 is 0 Å². The number of hydrogen-bond donors (Lipinski definition) is 4. The van der Waals surface area contributed by atoms with Crippen molar-refractivity contribution in [2.24, 2.45) is 0 Å². The molecule has 2 aromatic rings. The van der Waals surface area contributed by atoms with Crippen LogP contribution in [0.1, 0.15) is 17.0 Å². The molecule has 0 aliphatic heterocycles. The minimum atomic E-state index is -1.40. The van der Waals surface area contributed by atoms with Crippen LogP contribution in [0.3, 0.4) is 0 Å². The number of aliphatic carboxylic acids is 2. The van der Waals surface area contributed by atoms with E-state index in [1.54, 1.807) is 12.1 Å². The fourth-order valence-corrected chi connectivity index (χ4v) is 2.36. The Hall–Kier alpha value is -3.28. The molecule has 0 atom stereocenters. The molecule has 0 unspecified atom stereocenters. The van der Waals surface area contributed by atoms with Crippen molar-refractivity contribution < 1.29 is 30.0 Å². The summed E-state index contributed by atoms with van der Waals surface area (Å²) in [6, 6.07) is 11.8. The van der Waals surface area contributed by atoms with Gasteiger partial charge in [-0.3, -0.25) is 0 Å². The second-order valence-corrected chi connectivity index (χ2v) is 4.87. The number of carbonyl (C=O) groups is 2. The predicted molar refractivity (Wildman–Crippen MR) is 81.4 cm³/mol. The van der Waals surface area contributed by atoms with Crippen LogP contribution in [0.25, 0.3) is 0 Å². The van der Waals surface area contributed by atoms with Gasteiger partial charge in [-0.2, -0.15) is 0 Å². The van der Waals surface area contributed by atoms with Gasteiger partial charge < -0.3 is 20.4 Å². The zero-order valence-corrected chi connectivity index (χ0v) is 11.9. The highest BCUT2D eigenvalue weighted by atomic mass is 16.4. The van der Waals surface area contributed by atoms with E-state index in [1.165, 1.54) is 36.4 Å². The molecule has 0 spiro atoms. The van der Waals surface area contributed by atoms with Gasteiger partial charge in [0.05, 0.1) is 5.57 Å². The molecule has 0 saturated heterocycles. The number of aromatic hydroxyl groups is 2. The summed E-state index contributed by atoms with van der Waals surface area (Å²) < 4.78 is 0. The van der Waals surface area contributed by atoms with E-state index in [0.29, 0.717) is 17.2 Å². The molecule has 23 heavy (non-hydrogen) atoms. The number of carboxylic acid groups (broad SMARTS) is 2. The molecule has 0 amide bonds. The highest BCUT2D eigenvalue weighted by Gasteiger charge is 2.26. The van der Waals surface area contributed by atoms with Gasteiger partial charge in [-0.25, -0.2) is 9.59 Å². The Bertz CT molecular complexity index is 733. The fraction of sp³-hybridized carbons (Fsp3) is 0.0588. The number of carboxylic acids is 2. The number of hydrogen-bond acceptors (Lipinski definition) is 4. The summed E-state index contributed by atoms with van der Waals surface area (Å²) in [7, 11) is 0. The van der Waals surface area contributed by atoms with Gasteiger partial charge in [0.1, 0.15) is 11.5 Å². The Morgan fingerprint density at radius 3 is 1.70 bits per heavy atom. The molecule has 0 bridgehead atoms. The van der Waals surface area contributed by atoms with Gasteiger partial charge in [0.15, 0.2) is 0 Å².